The van der Waals surface area contributed by atoms with Crippen LogP contribution >= 0.6 is 0 Å². The van der Waals surface area contributed by atoms with E-state index >= 15 is 0 Å². The molecule has 1 aliphatic rings. The van der Waals surface area contributed by atoms with Gasteiger partial charge >= 0.3 is 0 Å². The maximum atomic E-state index is 11.2. The van der Waals surface area contributed by atoms with Gasteiger partial charge in [-0.15, -0.1) is 0 Å². The van der Waals surface area contributed by atoms with E-state index in [0.29, 0.717) is 6.10 Å². The van der Waals surface area contributed by atoms with Crippen molar-refractivity contribution in [2.45, 2.75) is 49.8 Å². The lowest BCUT2D eigenvalue weighted by atomic mass is 10.1. The molecule has 5 nitrogen and oxygen atoms in total. The van der Waals surface area contributed by atoms with Gasteiger partial charge in [0.25, 0.3) is 0 Å². The second kappa shape index (κ2) is 6.22. The van der Waals surface area contributed by atoms with Crippen molar-refractivity contribution in [2.75, 3.05) is 6.54 Å². The molecule has 6 heteroatoms. The molecule has 2 rings (SSSR count). The van der Waals surface area contributed by atoms with Crippen LogP contribution in [-0.4, -0.2) is 27.2 Å². The summed E-state index contributed by atoms with van der Waals surface area (Å²) in [6.07, 6.45) is 2.83. The van der Waals surface area contributed by atoms with Crippen molar-refractivity contribution in [3.63, 3.8) is 0 Å². The minimum Gasteiger partial charge on any atom is -0.374 e. The standard InChI is InChI=1S/C14H22N2O3S/c1-10-3-6-13(19-10)9-16-11(2)12-4-7-14(8-5-12)20(15,17)18/h4-5,7-8,10-11,13,16H,3,6,9H2,1-2H3,(H2,15,17,18). The summed E-state index contributed by atoms with van der Waals surface area (Å²) < 4.78 is 28.1. The lowest BCUT2D eigenvalue weighted by Gasteiger charge is -2.18. The van der Waals surface area contributed by atoms with E-state index in [4.69, 9.17) is 9.88 Å². The normalized spacial score (nSPS) is 24.8. The van der Waals surface area contributed by atoms with Crippen LogP contribution in [0.5, 0.6) is 0 Å². The predicted octanol–water partition coefficient (Wildman–Crippen LogP) is 1.55. The zero-order chi connectivity index (χ0) is 14.8. The first kappa shape index (κ1) is 15.4. The summed E-state index contributed by atoms with van der Waals surface area (Å²) >= 11 is 0. The zero-order valence-electron chi connectivity index (χ0n) is 11.9. The summed E-state index contributed by atoms with van der Waals surface area (Å²) in [5, 5.41) is 8.49. The van der Waals surface area contributed by atoms with Crippen LogP contribution in [0.1, 0.15) is 38.3 Å². The number of nitrogens with one attached hydrogen (secondary N) is 1. The number of hydrogen-bond donors (Lipinski definition) is 2. The van der Waals surface area contributed by atoms with Crippen molar-refractivity contribution in [3.8, 4) is 0 Å². The van der Waals surface area contributed by atoms with Crippen molar-refractivity contribution in [2.24, 2.45) is 5.14 Å². The maximum absolute atomic E-state index is 11.2. The van der Waals surface area contributed by atoms with E-state index < -0.39 is 10.0 Å². The van der Waals surface area contributed by atoms with Gasteiger partial charge in [0.05, 0.1) is 17.1 Å². The van der Waals surface area contributed by atoms with Crippen LogP contribution in [0, 0.1) is 0 Å². The SMILES string of the molecule is CC1CCC(CNC(C)c2ccc(S(N)(=O)=O)cc2)O1. The van der Waals surface area contributed by atoms with Crippen LogP contribution in [0.25, 0.3) is 0 Å². The van der Waals surface area contributed by atoms with Gasteiger partial charge in [0, 0.05) is 12.6 Å². The molecule has 3 atom stereocenters. The number of nitrogens with two attached hydrogens (primary N) is 1. The molecule has 1 heterocycles. The van der Waals surface area contributed by atoms with Crippen LogP contribution in [0.3, 0.4) is 0 Å². The molecule has 0 amide bonds. The van der Waals surface area contributed by atoms with E-state index in [-0.39, 0.29) is 17.0 Å². The Hall–Kier alpha value is -0.950. The molecule has 112 valence electrons. The fraction of sp³-hybridized carbons (Fsp3) is 0.571. The first-order valence-corrected chi connectivity index (χ1v) is 8.42. The molecule has 3 N–H and O–H groups in total. The number of benzene rings is 1. The lowest BCUT2D eigenvalue weighted by molar-refractivity contribution is 0.0546. The number of hydrogen-bond acceptors (Lipinski definition) is 4. The van der Waals surface area contributed by atoms with Gasteiger partial charge in [0.1, 0.15) is 0 Å². The Morgan fingerprint density at radius 1 is 1.35 bits per heavy atom. The average molecular weight is 298 g/mol. The number of primary sulfonamides is 1. The van der Waals surface area contributed by atoms with Crippen LogP contribution < -0.4 is 10.5 Å². The van der Waals surface area contributed by atoms with E-state index in [1.54, 1.807) is 12.1 Å². The minimum absolute atomic E-state index is 0.140. The summed E-state index contributed by atoms with van der Waals surface area (Å²) in [7, 11) is -3.62. The number of sulfonamides is 1. The molecule has 0 saturated carbocycles. The van der Waals surface area contributed by atoms with Crippen molar-refractivity contribution >= 4 is 10.0 Å². The molecule has 20 heavy (non-hydrogen) atoms. The molecule has 0 radical (unpaired) electrons. The first-order valence-electron chi connectivity index (χ1n) is 6.88. The average Bonchev–Trinajstić information content (AvgIpc) is 2.81. The van der Waals surface area contributed by atoms with Gasteiger partial charge in [0.2, 0.25) is 10.0 Å². The Kier molecular flexibility index (Phi) is 4.80. The van der Waals surface area contributed by atoms with Gasteiger partial charge in [-0.25, -0.2) is 13.6 Å². The smallest absolute Gasteiger partial charge is 0.238 e. The van der Waals surface area contributed by atoms with Crippen LogP contribution in [0.4, 0.5) is 0 Å². The van der Waals surface area contributed by atoms with Gasteiger partial charge in [-0.2, -0.15) is 0 Å². The second-order valence-corrected chi connectivity index (χ2v) is 6.95. The van der Waals surface area contributed by atoms with Gasteiger partial charge in [-0.3, -0.25) is 0 Å². The number of rotatable bonds is 5. The van der Waals surface area contributed by atoms with E-state index in [9.17, 15) is 8.42 Å². The highest BCUT2D eigenvalue weighted by atomic mass is 32.2. The second-order valence-electron chi connectivity index (χ2n) is 5.39. The Bertz CT molecular complexity index is 542. The van der Waals surface area contributed by atoms with E-state index in [0.717, 1.165) is 24.9 Å². The molecular formula is C14H22N2O3S. The molecule has 1 aromatic rings. The fourth-order valence-electron chi connectivity index (χ4n) is 2.41. The van der Waals surface area contributed by atoms with Gasteiger partial charge in [0.15, 0.2) is 0 Å². The summed E-state index contributed by atoms with van der Waals surface area (Å²) in [6.45, 7) is 4.95. The summed E-state index contributed by atoms with van der Waals surface area (Å²) in [5.41, 5.74) is 1.03. The third kappa shape index (κ3) is 4.02. The lowest BCUT2D eigenvalue weighted by Crippen LogP contribution is -2.29. The van der Waals surface area contributed by atoms with E-state index in [2.05, 4.69) is 12.2 Å². The van der Waals surface area contributed by atoms with Crippen LogP contribution in [0.2, 0.25) is 0 Å². The van der Waals surface area contributed by atoms with E-state index in [1.807, 2.05) is 6.92 Å². The molecule has 0 spiro atoms. The van der Waals surface area contributed by atoms with Crippen molar-refractivity contribution in [1.82, 2.24) is 5.32 Å². The van der Waals surface area contributed by atoms with Crippen molar-refractivity contribution < 1.29 is 13.2 Å². The molecule has 0 aliphatic carbocycles. The van der Waals surface area contributed by atoms with Crippen molar-refractivity contribution in [1.29, 1.82) is 0 Å². The summed E-state index contributed by atoms with van der Waals surface area (Å²) in [5.74, 6) is 0. The zero-order valence-corrected chi connectivity index (χ0v) is 12.7. The van der Waals surface area contributed by atoms with Gasteiger partial charge in [-0.05, 0) is 44.4 Å². The fourth-order valence-corrected chi connectivity index (χ4v) is 2.92. The Balaban J connectivity index is 1.91. The quantitative estimate of drug-likeness (QED) is 0.864. The number of ether oxygens (including phenoxy) is 1. The van der Waals surface area contributed by atoms with Crippen LogP contribution in [-0.2, 0) is 14.8 Å². The molecule has 3 unspecified atom stereocenters. The molecule has 0 bridgehead atoms. The molecule has 0 aromatic heterocycles. The van der Waals surface area contributed by atoms with Crippen LogP contribution in [0.15, 0.2) is 29.2 Å². The minimum atomic E-state index is -3.62. The maximum Gasteiger partial charge on any atom is 0.238 e. The van der Waals surface area contributed by atoms with Gasteiger partial charge < -0.3 is 10.1 Å². The summed E-state index contributed by atoms with van der Waals surface area (Å²) in [4.78, 5) is 0.140. The third-order valence-corrected chi connectivity index (χ3v) is 4.61. The highest BCUT2D eigenvalue weighted by Crippen LogP contribution is 2.20. The topological polar surface area (TPSA) is 81.4 Å². The molecular weight excluding hydrogens is 276 g/mol. The molecule has 1 saturated heterocycles. The Morgan fingerprint density at radius 2 is 2.00 bits per heavy atom. The van der Waals surface area contributed by atoms with E-state index in [1.165, 1.54) is 12.1 Å². The molecule has 1 aliphatic heterocycles. The van der Waals surface area contributed by atoms with Crippen molar-refractivity contribution in [3.05, 3.63) is 29.8 Å². The molecule has 1 aromatic carbocycles. The monoisotopic (exact) mass is 298 g/mol. The Labute approximate surface area is 120 Å². The first-order chi connectivity index (χ1) is 9.36. The summed E-state index contributed by atoms with van der Waals surface area (Å²) in [6, 6.07) is 6.79. The predicted molar refractivity (Wildman–Crippen MR) is 77.8 cm³/mol. The molecule has 1 fully saturated rings. The van der Waals surface area contributed by atoms with Gasteiger partial charge in [-0.1, -0.05) is 12.1 Å². The third-order valence-electron chi connectivity index (χ3n) is 3.68. The highest BCUT2D eigenvalue weighted by Gasteiger charge is 2.22. The largest absolute Gasteiger partial charge is 0.374 e. The Morgan fingerprint density at radius 3 is 2.50 bits per heavy atom. The highest BCUT2D eigenvalue weighted by molar-refractivity contribution is 7.89.